The van der Waals surface area contributed by atoms with Crippen LogP contribution in [-0.2, 0) is 5.41 Å². The molecule has 1 aliphatic carbocycles. The Hall–Kier alpha value is -1.39. The van der Waals surface area contributed by atoms with Crippen molar-refractivity contribution < 1.29 is 9.21 Å². The zero-order valence-corrected chi connectivity index (χ0v) is 9.40. The normalized spacial score (nSPS) is 22.4. The van der Waals surface area contributed by atoms with Gasteiger partial charge in [0, 0.05) is 18.5 Å². The first-order valence-corrected chi connectivity index (χ1v) is 5.82. The molecule has 5 nitrogen and oxygen atoms in total. The predicted molar refractivity (Wildman–Crippen MR) is 56.0 cm³/mol. The van der Waals surface area contributed by atoms with E-state index in [2.05, 4.69) is 17.1 Å². The van der Waals surface area contributed by atoms with Gasteiger partial charge in [-0.25, -0.2) is 0 Å². The number of rotatable bonds is 2. The zero-order valence-electron chi connectivity index (χ0n) is 9.40. The van der Waals surface area contributed by atoms with E-state index in [-0.39, 0.29) is 17.2 Å². The predicted octanol–water partition coefficient (Wildman–Crippen LogP) is 1.36. The van der Waals surface area contributed by atoms with Crippen molar-refractivity contribution in [1.29, 1.82) is 0 Å². The summed E-state index contributed by atoms with van der Waals surface area (Å²) < 4.78 is 5.47. The smallest absolute Gasteiger partial charge is 0.311 e. The van der Waals surface area contributed by atoms with Gasteiger partial charge in [-0.1, -0.05) is 6.92 Å². The van der Waals surface area contributed by atoms with Gasteiger partial charge in [-0.15, -0.1) is 10.2 Å². The Morgan fingerprint density at radius 1 is 1.31 bits per heavy atom. The maximum atomic E-state index is 11.9. The fraction of sp³-hybridized carbons (Fsp3) is 0.727. The van der Waals surface area contributed by atoms with E-state index in [1.165, 1.54) is 0 Å². The second-order valence-corrected chi connectivity index (χ2v) is 4.97. The molecule has 0 unspecified atom stereocenters. The quantitative estimate of drug-likeness (QED) is 0.756. The van der Waals surface area contributed by atoms with Crippen molar-refractivity contribution in [3.63, 3.8) is 0 Å². The van der Waals surface area contributed by atoms with Gasteiger partial charge in [-0.2, -0.15) is 0 Å². The highest BCUT2D eigenvalue weighted by atomic mass is 16.4. The van der Waals surface area contributed by atoms with Crippen LogP contribution in [0, 0.1) is 0 Å². The van der Waals surface area contributed by atoms with E-state index in [1.807, 2.05) is 0 Å². The maximum absolute atomic E-state index is 11.9. The SMILES string of the molecule is CC1(c2nnc(C(=O)N3CCCC3)o2)CC1. The average molecular weight is 221 g/mol. The van der Waals surface area contributed by atoms with Gasteiger partial charge in [-0.05, 0) is 25.7 Å². The van der Waals surface area contributed by atoms with Crippen LogP contribution >= 0.6 is 0 Å². The molecule has 1 aromatic rings. The van der Waals surface area contributed by atoms with Gasteiger partial charge < -0.3 is 9.32 Å². The Morgan fingerprint density at radius 2 is 2.00 bits per heavy atom. The van der Waals surface area contributed by atoms with E-state index >= 15 is 0 Å². The molecule has 0 N–H and O–H groups in total. The molecule has 3 rings (SSSR count). The molecule has 5 heteroatoms. The first-order chi connectivity index (χ1) is 7.69. The molecule has 2 heterocycles. The van der Waals surface area contributed by atoms with E-state index in [1.54, 1.807) is 4.90 Å². The van der Waals surface area contributed by atoms with Crippen LogP contribution in [0.5, 0.6) is 0 Å². The number of nitrogens with zero attached hydrogens (tertiary/aromatic N) is 3. The number of carbonyl (C=O) groups excluding carboxylic acids is 1. The lowest BCUT2D eigenvalue weighted by molar-refractivity contribution is 0.0750. The zero-order chi connectivity index (χ0) is 11.2. The standard InChI is InChI=1S/C11H15N3O2/c1-11(4-5-11)10-13-12-8(16-10)9(15)14-6-2-3-7-14/h2-7H2,1H3. The Labute approximate surface area is 93.8 Å². The molecular weight excluding hydrogens is 206 g/mol. The fourth-order valence-electron chi connectivity index (χ4n) is 2.01. The second kappa shape index (κ2) is 3.30. The third-order valence-electron chi connectivity index (χ3n) is 3.52. The fourth-order valence-corrected chi connectivity index (χ4v) is 2.01. The highest BCUT2D eigenvalue weighted by Crippen LogP contribution is 2.46. The lowest BCUT2D eigenvalue weighted by Crippen LogP contribution is -2.27. The molecule has 0 atom stereocenters. The molecule has 0 bridgehead atoms. The molecule has 0 radical (unpaired) electrons. The van der Waals surface area contributed by atoms with Crippen LogP contribution in [0.2, 0.25) is 0 Å². The number of aromatic nitrogens is 2. The summed E-state index contributed by atoms with van der Waals surface area (Å²) in [5, 5.41) is 7.84. The summed E-state index contributed by atoms with van der Waals surface area (Å²) in [5.41, 5.74) is 0.0382. The third-order valence-corrected chi connectivity index (χ3v) is 3.52. The second-order valence-electron chi connectivity index (χ2n) is 4.97. The Kier molecular flexibility index (Phi) is 2.02. The van der Waals surface area contributed by atoms with Gasteiger partial charge in [0.2, 0.25) is 5.89 Å². The number of likely N-dealkylation sites (tertiary alicyclic amines) is 1. The van der Waals surface area contributed by atoms with E-state index < -0.39 is 0 Å². The van der Waals surface area contributed by atoms with Crippen molar-refractivity contribution in [3.8, 4) is 0 Å². The molecule has 1 saturated heterocycles. The van der Waals surface area contributed by atoms with E-state index in [0.29, 0.717) is 5.89 Å². The molecular formula is C11H15N3O2. The van der Waals surface area contributed by atoms with Crippen molar-refractivity contribution in [2.75, 3.05) is 13.1 Å². The first kappa shape index (κ1) is 9.81. The van der Waals surface area contributed by atoms with Crippen LogP contribution in [0.15, 0.2) is 4.42 Å². The van der Waals surface area contributed by atoms with Crippen LogP contribution in [0.4, 0.5) is 0 Å². The molecule has 1 saturated carbocycles. The first-order valence-electron chi connectivity index (χ1n) is 5.82. The van der Waals surface area contributed by atoms with Crippen LogP contribution in [0.3, 0.4) is 0 Å². The van der Waals surface area contributed by atoms with Crippen molar-refractivity contribution in [3.05, 3.63) is 11.8 Å². The van der Waals surface area contributed by atoms with Gasteiger partial charge in [-0.3, -0.25) is 4.79 Å². The lowest BCUT2D eigenvalue weighted by Gasteiger charge is -2.11. The minimum Gasteiger partial charge on any atom is -0.416 e. The molecule has 0 aromatic carbocycles. The third kappa shape index (κ3) is 1.50. The summed E-state index contributed by atoms with van der Waals surface area (Å²) in [4.78, 5) is 13.7. The molecule has 1 aromatic heterocycles. The number of amides is 1. The van der Waals surface area contributed by atoms with Crippen LogP contribution in [0.1, 0.15) is 49.2 Å². The van der Waals surface area contributed by atoms with Crippen LogP contribution in [0.25, 0.3) is 0 Å². The van der Waals surface area contributed by atoms with E-state index in [9.17, 15) is 4.79 Å². The van der Waals surface area contributed by atoms with Crippen molar-refractivity contribution in [2.45, 2.75) is 38.0 Å². The maximum Gasteiger partial charge on any atom is 0.311 e. The van der Waals surface area contributed by atoms with E-state index in [4.69, 9.17) is 4.42 Å². The topological polar surface area (TPSA) is 59.2 Å². The molecule has 2 fully saturated rings. The minimum atomic E-state index is -0.111. The summed E-state index contributed by atoms with van der Waals surface area (Å²) in [6, 6.07) is 0. The lowest BCUT2D eigenvalue weighted by atomic mass is 10.1. The Balaban J connectivity index is 1.78. The molecule has 1 aliphatic heterocycles. The molecule has 1 amide bonds. The molecule has 16 heavy (non-hydrogen) atoms. The van der Waals surface area contributed by atoms with Crippen LogP contribution < -0.4 is 0 Å². The van der Waals surface area contributed by atoms with Gasteiger partial charge in [0.05, 0.1) is 0 Å². The summed E-state index contributed by atoms with van der Waals surface area (Å²) in [5.74, 6) is 0.667. The van der Waals surface area contributed by atoms with Crippen LogP contribution in [-0.4, -0.2) is 34.1 Å². The summed E-state index contributed by atoms with van der Waals surface area (Å²) in [7, 11) is 0. The molecule has 2 aliphatic rings. The van der Waals surface area contributed by atoms with E-state index in [0.717, 1.165) is 38.8 Å². The largest absolute Gasteiger partial charge is 0.416 e. The summed E-state index contributed by atoms with van der Waals surface area (Å²) in [6.45, 7) is 3.71. The highest BCUT2D eigenvalue weighted by molar-refractivity contribution is 5.89. The monoisotopic (exact) mass is 221 g/mol. The average Bonchev–Trinajstić information content (AvgIpc) is 2.85. The van der Waals surface area contributed by atoms with Gasteiger partial charge in [0.25, 0.3) is 0 Å². The Morgan fingerprint density at radius 3 is 2.62 bits per heavy atom. The Bertz CT molecular complexity index is 417. The van der Waals surface area contributed by atoms with Gasteiger partial charge in [0.15, 0.2) is 0 Å². The molecule has 0 spiro atoms. The molecule has 86 valence electrons. The van der Waals surface area contributed by atoms with Crippen molar-refractivity contribution in [1.82, 2.24) is 15.1 Å². The minimum absolute atomic E-state index is 0.0382. The number of carbonyl (C=O) groups is 1. The number of hydrogen-bond acceptors (Lipinski definition) is 4. The van der Waals surface area contributed by atoms with Crippen molar-refractivity contribution >= 4 is 5.91 Å². The summed E-state index contributed by atoms with van der Waals surface area (Å²) >= 11 is 0. The summed E-state index contributed by atoms with van der Waals surface area (Å²) in [6.07, 6.45) is 4.30. The number of hydrogen-bond donors (Lipinski definition) is 0. The van der Waals surface area contributed by atoms with Crippen molar-refractivity contribution in [2.24, 2.45) is 0 Å². The van der Waals surface area contributed by atoms with Gasteiger partial charge in [0.1, 0.15) is 0 Å². The highest BCUT2D eigenvalue weighted by Gasteiger charge is 2.44. The van der Waals surface area contributed by atoms with Gasteiger partial charge >= 0.3 is 11.8 Å².